The van der Waals surface area contributed by atoms with Crippen molar-refractivity contribution in [2.45, 2.75) is 62.6 Å². The maximum Gasteiger partial charge on any atom is 0.405 e. The van der Waals surface area contributed by atoms with E-state index in [1.807, 2.05) is 18.2 Å². The van der Waals surface area contributed by atoms with Crippen LogP contribution in [-0.2, 0) is 6.42 Å². The second kappa shape index (κ2) is 10.5. The lowest BCUT2D eigenvalue weighted by Crippen LogP contribution is -2.66. The van der Waals surface area contributed by atoms with Crippen LogP contribution in [0.2, 0.25) is 0 Å². The van der Waals surface area contributed by atoms with Crippen molar-refractivity contribution in [2.75, 3.05) is 18.0 Å². The predicted molar refractivity (Wildman–Crippen MR) is 137 cm³/mol. The van der Waals surface area contributed by atoms with Gasteiger partial charge in [-0.15, -0.1) is 0 Å². The zero-order valence-corrected chi connectivity index (χ0v) is 20.0. The van der Waals surface area contributed by atoms with Gasteiger partial charge in [0, 0.05) is 36.4 Å². The first-order chi connectivity index (χ1) is 17.1. The quantitative estimate of drug-likeness (QED) is 0.442. The van der Waals surface area contributed by atoms with Crippen molar-refractivity contribution < 1.29 is 14.3 Å². The van der Waals surface area contributed by atoms with Crippen molar-refractivity contribution in [3.63, 3.8) is 0 Å². The van der Waals surface area contributed by atoms with Gasteiger partial charge in [0.05, 0.1) is 11.7 Å². The Bertz CT molecular complexity index is 1090. The van der Waals surface area contributed by atoms with Crippen molar-refractivity contribution in [1.29, 1.82) is 0 Å². The van der Waals surface area contributed by atoms with Crippen molar-refractivity contribution in [3.05, 3.63) is 72.6 Å². The summed E-state index contributed by atoms with van der Waals surface area (Å²) < 4.78 is 5.41. The van der Waals surface area contributed by atoms with Crippen LogP contribution < -0.4 is 15.5 Å². The molecule has 2 heterocycles. The largest absolute Gasteiger partial charge is 0.465 e. The Kier molecular flexibility index (Phi) is 7.04. The summed E-state index contributed by atoms with van der Waals surface area (Å²) in [5.74, 6) is 0.632. The van der Waals surface area contributed by atoms with E-state index in [0.29, 0.717) is 18.4 Å². The zero-order chi connectivity index (χ0) is 24.1. The molecule has 2 aliphatic rings. The molecule has 3 aromatic rings. The highest BCUT2D eigenvalue weighted by molar-refractivity contribution is 5.66. The SMILES string of the molecule is O=C(O)NC1(Cc2ccccc2)CCCCC1NC1CCCN(c2ccc(-c3ncco3)cc2)C1. The number of oxazole rings is 1. The van der Waals surface area contributed by atoms with E-state index in [1.165, 1.54) is 11.3 Å². The van der Waals surface area contributed by atoms with E-state index in [-0.39, 0.29) is 6.04 Å². The number of benzene rings is 2. The topological polar surface area (TPSA) is 90.6 Å². The third-order valence-electron chi connectivity index (χ3n) is 7.52. The summed E-state index contributed by atoms with van der Waals surface area (Å²) in [7, 11) is 0. The minimum absolute atomic E-state index is 0.102. The molecule has 184 valence electrons. The van der Waals surface area contributed by atoms with E-state index >= 15 is 0 Å². The number of hydrogen-bond acceptors (Lipinski definition) is 5. The van der Waals surface area contributed by atoms with Gasteiger partial charge in [0.25, 0.3) is 0 Å². The molecular formula is C28H34N4O3. The van der Waals surface area contributed by atoms with Crippen LogP contribution in [0.1, 0.15) is 44.1 Å². The van der Waals surface area contributed by atoms with E-state index in [9.17, 15) is 9.90 Å². The van der Waals surface area contributed by atoms with E-state index < -0.39 is 11.6 Å². The lowest BCUT2D eigenvalue weighted by Gasteiger charge is -2.47. The Morgan fingerprint density at radius 3 is 2.66 bits per heavy atom. The summed E-state index contributed by atoms with van der Waals surface area (Å²) >= 11 is 0. The highest BCUT2D eigenvalue weighted by Crippen LogP contribution is 2.33. The van der Waals surface area contributed by atoms with Crippen LogP contribution in [-0.4, -0.2) is 46.9 Å². The van der Waals surface area contributed by atoms with Gasteiger partial charge in [0.1, 0.15) is 6.26 Å². The first-order valence-electron chi connectivity index (χ1n) is 12.7. The summed E-state index contributed by atoms with van der Waals surface area (Å²) in [5, 5.41) is 16.6. The molecule has 1 aliphatic heterocycles. The monoisotopic (exact) mass is 474 g/mol. The maximum atomic E-state index is 11.9. The third-order valence-corrected chi connectivity index (χ3v) is 7.52. The van der Waals surface area contributed by atoms with E-state index in [2.05, 4.69) is 56.9 Å². The first kappa shape index (κ1) is 23.4. The lowest BCUT2D eigenvalue weighted by atomic mass is 9.73. The number of amides is 1. The van der Waals surface area contributed by atoms with Crippen LogP contribution in [0.5, 0.6) is 0 Å². The number of rotatable bonds is 7. The molecule has 2 fully saturated rings. The standard InChI is InChI=1S/C28H34N4O3/c33-27(34)31-28(19-21-7-2-1-3-8-21)15-5-4-10-25(28)30-23-9-6-17-32(20-23)24-13-11-22(12-14-24)26-29-16-18-35-26/h1-3,7-8,11-14,16,18,23,25,30-31H,4-6,9-10,15,17,19-20H2,(H,33,34). The Morgan fingerprint density at radius 2 is 1.91 bits per heavy atom. The first-order valence-corrected chi connectivity index (χ1v) is 12.7. The molecule has 3 unspecified atom stereocenters. The average molecular weight is 475 g/mol. The van der Waals surface area contributed by atoms with Crippen LogP contribution >= 0.6 is 0 Å². The van der Waals surface area contributed by atoms with Crippen LogP contribution in [0.15, 0.2) is 71.5 Å². The van der Waals surface area contributed by atoms with Crippen LogP contribution in [0.25, 0.3) is 11.5 Å². The van der Waals surface area contributed by atoms with Crippen LogP contribution in [0.4, 0.5) is 10.5 Å². The van der Waals surface area contributed by atoms with Crippen LogP contribution in [0.3, 0.4) is 0 Å². The molecule has 5 rings (SSSR count). The van der Waals surface area contributed by atoms with Crippen molar-refractivity contribution in [1.82, 2.24) is 15.6 Å². The number of hydrogen-bond donors (Lipinski definition) is 3. The summed E-state index contributed by atoms with van der Waals surface area (Å²) in [6, 6.07) is 19.1. The van der Waals surface area contributed by atoms with Crippen molar-refractivity contribution >= 4 is 11.8 Å². The summed E-state index contributed by atoms with van der Waals surface area (Å²) in [6.45, 7) is 1.92. The normalized spacial score (nSPS) is 24.7. The van der Waals surface area contributed by atoms with Gasteiger partial charge >= 0.3 is 6.09 Å². The molecule has 7 nitrogen and oxygen atoms in total. The molecule has 2 aromatic carbocycles. The van der Waals surface area contributed by atoms with Gasteiger partial charge < -0.3 is 25.1 Å². The summed E-state index contributed by atoms with van der Waals surface area (Å²) in [6.07, 6.45) is 9.20. The van der Waals surface area contributed by atoms with E-state index in [1.54, 1.807) is 12.5 Å². The smallest absolute Gasteiger partial charge is 0.405 e. The highest BCUT2D eigenvalue weighted by atomic mass is 16.4. The fourth-order valence-corrected chi connectivity index (χ4v) is 5.87. The van der Waals surface area contributed by atoms with E-state index in [0.717, 1.165) is 57.2 Å². The van der Waals surface area contributed by atoms with Gasteiger partial charge in [-0.05, 0) is 61.9 Å². The van der Waals surface area contributed by atoms with Gasteiger partial charge in [-0.2, -0.15) is 0 Å². The number of aromatic nitrogens is 1. The summed E-state index contributed by atoms with van der Waals surface area (Å²) in [5.41, 5.74) is 2.84. The molecule has 1 amide bonds. The number of nitrogens with zero attached hydrogens (tertiary/aromatic N) is 2. The molecule has 1 saturated heterocycles. The number of piperidine rings is 1. The molecule has 0 spiro atoms. The predicted octanol–water partition coefficient (Wildman–Crippen LogP) is 5.09. The number of carbonyl (C=O) groups is 1. The molecule has 0 bridgehead atoms. The lowest BCUT2D eigenvalue weighted by molar-refractivity contribution is 0.130. The molecule has 0 radical (unpaired) electrons. The molecule has 1 saturated carbocycles. The maximum absolute atomic E-state index is 11.9. The van der Waals surface area contributed by atoms with Gasteiger partial charge in [-0.3, -0.25) is 0 Å². The zero-order valence-electron chi connectivity index (χ0n) is 20.0. The number of nitrogens with one attached hydrogen (secondary N) is 2. The molecular weight excluding hydrogens is 440 g/mol. The molecule has 35 heavy (non-hydrogen) atoms. The molecule has 3 N–H and O–H groups in total. The minimum atomic E-state index is -0.939. The van der Waals surface area contributed by atoms with Crippen LogP contribution in [0, 0.1) is 0 Å². The second-order valence-corrected chi connectivity index (χ2v) is 9.88. The molecule has 1 aliphatic carbocycles. The molecule has 7 heteroatoms. The second-order valence-electron chi connectivity index (χ2n) is 9.88. The molecule has 3 atom stereocenters. The minimum Gasteiger partial charge on any atom is -0.465 e. The Morgan fingerprint density at radius 1 is 1.09 bits per heavy atom. The number of carboxylic acid groups (broad SMARTS) is 1. The highest BCUT2D eigenvalue weighted by Gasteiger charge is 2.43. The fourth-order valence-electron chi connectivity index (χ4n) is 5.87. The Labute approximate surface area is 206 Å². The van der Waals surface area contributed by atoms with Gasteiger partial charge in [0.2, 0.25) is 5.89 Å². The number of anilines is 1. The van der Waals surface area contributed by atoms with Crippen molar-refractivity contribution in [2.24, 2.45) is 0 Å². The van der Waals surface area contributed by atoms with Crippen molar-refractivity contribution in [3.8, 4) is 11.5 Å². The Balaban J connectivity index is 1.30. The Hall–Kier alpha value is -3.32. The van der Waals surface area contributed by atoms with E-state index in [4.69, 9.17) is 4.42 Å². The van der Waals surface area contributed by atoms with Gasteiger partial charge in [-0.1, -0.05) is 43.2 Å². The summed E-state index contributed by atoms with van der Waals surface area (Å²) in [4.78, 5) is 18.5. The average Bonchev–Trinajstić information content (AvgIpc) is 3.41. The third kappa shape index (κ3) is 5.51. The van der Waals surface area contributed by atoms with Gasteiger partial charge in [0.15, 0.2) is 0 Å². The van der Waals surface area contributed by atoms with Gasteiger partial charge in [-0.25, -0.2) is 9.78 Å². The molecule has 1 aromatic heterocycles. The fraction of sp³-hybridized carbons (Fsp3) is 0.429.